The number of carbonyl (C=O) groups is 2. The second-order valence-corrected chi connectivity index (χ2v) is 3.90. The average Bonchev–Trinajstić information content (AvgIpc) is 2.27. The van der Waals surface area contributed by atoms with Crippen LogP contribution < -0.4 is 5.73 Å². The van der Waals surface area contributed by atoms with Gasteiger partial charge in [0.05, 0.1) is 6.61 Å². The predicted octanol–water partition coefficient (Wildman–Crippen LogP) is 0.941. The van der Waals surface area contributed by atoms with Crippen LogP contribution >= 0.6 is 0 Å². The fourth-order valence-electron chi connectivity index (χ4n) is 1.00. The highest BCUT2D eigenvalue weighted by Gasteiger charge is 2.25. The molecule has 0 heterocycles. The molecule has 1 atom stereocenters. The summed E-state index contributed by atoms with van der Waals surface area (Å²) in [7, 11) is 0. The number of hydrogen-bond acceptors (Lipinski definition) is 5. The standard InChI is InChI=1S/C12H19NO4/c1-5-9(14)12(3,4)16-8-7-10(13)17-11(15)6-2/h5-6,10H,1-2,7-8,13H2,3-4H3. The van der Waals surface area contributed by atoms with E-state index in [1.807, 2.05) is 0 Å². The van der Waals surface area contributed by atoms with Gasteiger partial charge < -0.3 is 9.47 Å². The summed E-state index contributed by atoms with van der Waals surface area (Å²) in [5, 5.41) is 0. The molecule has 0 saturated heterocycles. The minimum absolute atomic E-state index is 0.207. The molecule has 0 aromatic rings. The average molecular weight is 241 g/mol. The van der Waals surface area contributed by atoms with Crippen molar-refractivity contribution in [3.8, 4) is 0 Å². The molecule has 1 unspecified atom stereocenters. The minimum Gasteiger partial charge on any atom is -0.444 e. The molecule has 0 fully saturated rings. The molecule has 0 spiro atoms. The zero-order chi connectivity index (χ0) is 13.5. The summed E-state index contributed by atoms with van der Waals surface area (Å²) in [4.78, 5) is 22.2. The fourth-order valence-corrected chi connectivity index (χ4v) is 1.00. The third kappa shape index (κ3) is 5.99. The smallest absolute Gasteiger partial charge is 0.331 e. The molecule has 0 aliphatic carbocycles. The van der Waals surface area contributed by atoms with Crippen molar-refractivity contribution in [2.75, 3.05) is 6.61 Å². The van der Waals surface area contributed by atoms with Crippen molar-refractivity contribution in [2.45, 2.75) is 32.1 Å². The van der Waals surface area contributed by atoms with Crippen LogP contribution in [0.15, 0.2) is 25.3 Å². The highest BCUT2D eigenvalue weighted by atomic mass is 16.6. The molecule has 96 valence electrons. The van der Waals surface area contributed by atoms with Gasteiger partial charge in [0.15, 0.2) is 12.0 Å². The number of hydrogen-bond donors (Lipinski definition) is 1. The Bertz CT molecular complexity index is 310. The van der Waals surface area contributed by atoms with Crippen molar-refractivity contribution < 1.29 is 19.1 Å². The van der Waals surface area contributed by atoms with E-state index in [1.165, 1.54) is 6.08 Å². The first-order chi connectivity index (χ1) is 7.83. The van der Waals surface area contributed by atoms with E-state index in [4.69, 9.17) is 15.2 Å². The van der Waals surface area contributed by atoms with Crippen LogP contribution in [0.4, 0.5) is 0 Å². The largest absolute Gasteiger partial charge is 0.444 e. The Morgan fingerprint density at radius 1 is 1.35 bits per heavy atom. The maximum absolute atomic E-state index is 11.4. The number of ketones is 1. The van der Waals surface area contributed by atoms with Gasteiger partial charge in [0.25, 0.3) is 0 Å². The lowest BCUT2D eigenvalue weighted by atomic mass is 10.0. The number of esters is 1. The Balaban J connectivity index is 3.98. The van der Waals surface area contributed by atoms with E-state index >= 15 is 0 Å². The van der Waals surface area contributed by atoms with Crippen LogP contribution in [0.25, 0.3) is 0 Å². The van der Waals surface area contributed by atoms with E-state index < -0.39 is 17.8 Å². The second kappa shape index (κ2) is 6.98. The monoisotopic (exact) mass is 241 g/mol. The molecule has 5 nitrogen and oxygen atoms in total. The van der Waals surface area contributed by atoms with Gasteiger partial charge in [-0.25, -0.2) is 4.79 Å². The molecule has 0 aromatic carbocycles. The van der Waals surface area contributed by atoms with Crippen LogP contribution in [-0.4, -0.2) is 30.2 Å². The molecule has 17 heavy (non-hydrogen) atoms. The van der Waals surface area contributed by atoms with Gasteiger partial charge in [0, 0.05) is 12.5 Å². The molecule has 0 rings (SSSR count). The van der Waals surface area contributed by atoms with Gasteiger partial charge in [0.1, 0.15) is 5.60 Å². The Labute approximate surface area is 101 Å². The normalized spacial score (nSPS) is 12.6. The van der Waals surface area contributed by atoms with Crippen molar-refractivity contribution >= 4 is 11.8 Å². The molecule has 5 heteroatoms. The third-order valence-electron chi connectivity index (χ3n) is 2.08. The zero-order valence-corrected chi connectivity index (χ0v) is 10.3. The van der Waals surface area contributed by atoms with E-state index in [-0.39, 0.29) is 12.4 Å². The van der Waals surface area contributed by atoms with Gasteiger partial charge in [0.2, 0.25) is 0 Å². The van der Waals surface area contributed by atoms with E-state index in [0.29, 0.717) is 6.42 Å². The number of ether oxygens (including phenoxy) is 2. The van der Waals surface area contributed by atoms with E-state index in [9.17, 15) is 9.59 Å². The molecule has 0 aliphatic heterocycles. The van der Waals surface area contributed by atoms with Gasteiger partial charge in [-0.2, -0.15) is 0 Å². The van der Waals surface area contributed by atoms with Crippen LogP contribution in [0.5, 0.6) is 0 Å². The third-order valence-corrected chi connectivity index (χ3v) is 2.08. The Morgan fingerprint density at radius 2 is 1.94 bits per heavy atom. The van der Waals surface area contributed by atoms with Crippen LogP contribution in [0.1, 0.15) is 20.3 Å². The first-order valence-corrected chi connectivity index (χ1v) is 5.23. The molecular weight excluding hydrogens is 222 g/mol. The van der Waals surface area contributed by atoms with Crippen molar-refractivity contribution in [3.05, 3.63) is 25.3 Å². The van der Waals surface area contributed by atoms with E-state index in [1.54, 1.807) is 13.8 Å². The summed E-state index contributed by atoms with van der Waals surface area (Å²) < 4.78 is 10.1. The maximum atomic E-state index is 11.4. The van der Waals surface area contributed by atoms with Crippen LogP contribution in [0.3, 0.4) is 0 Å². The highest BCUT2D eigenvalue weighted by molar-refractivity contribution is 5.95. The van der Waals surface area contributed by atoms with Crippen molar-refractivity contribution in [1.29, 1.82) is 0 Å². The maximum Gasteiger partial charge on any atom is 0.331 e. The Morgan fingerprint density at radius 3 is 2.41 bits per heavy atom. The fraction of sp³-hybridized carbons (Fsp3) is 0.500. The summed E-state index contributed by atoms with van der Waals surface area (Å²) in [6.45, 7) is 10.1. The van der Waals surface area contributed by atoms with Crippen molar-refractivity contribution in [3.63, 3.8) is 0 Å². The van der Waals surface area contributed by atoms with Crippen molar-refractivity contribution in [1.82, 2.24) is 0 Å². The predicted molar refractivity (Wildman–Crippen MR) is 64.1 cm³/mol. The summed E-state index contributed by atoms with van der Waals surface area (Å²) in [6.07, 6.45) is 1.77. The van der Waals surface area contributed by atoms with Gasteiger partial charge in [-0.1, -0.05) is 13.2 Å². The van der Waals surface area contributed by atoms with Crippen molar-refractivity contribution in [2.24, 2.45) is 5.73 Å². The minimum atomic E-state index is -0.941. The lowest BCUT2D eigenvalue weighted by molar-refractivity contribution is -0.146. The van der Waals surface area contributed by atoms with Gasteiger partial charge in [-0.05, 0) is 19.9 Å². The number of rotatable bonds is 8. The van der Waals surface area contributed by atoms with Crippen LogP contribution in [0, 0.1) is 0 Å². The van der Waals surface area contributed by atoms with Crippen LogP contribution in [-0.2, 0) is 19.1 Å². The summed E-state index contributed by atoms with van der Waals surface area (Å²) in [5.74, 6) is -0.798. The molecule has 0 radical (unpaired) electrons. The molecule has 2 N–H and O–H groups in total. The highest BCUT2D eigenvalue weighted by Crippen LogP contribution is 2.12. The zero-order valence-electron chi connectivity index (χ0n) is 10.3. The number of nitrogens with two attached hydrogens (primary N) is 1. The Kier molecular flexibility index (Phi) is 6.38. The topological polar surface area (TPSA) is 78.6 Å². The molecular formula is C12H19NO4. The summed E-state index contributed by atoms with van der Waals surface area (Å²) in [6, 6.07) is 0. The molecule has 0 bridgehead atoms. The molecule has 0 aliphatic rings. The second-order valence-electron chi connectivity index (χ2n) is 3.90. The SMILES string of the molecule is C=CC(=O)OC(N)CCOC(C)(C)C(=O)C=C. The molecule has 0 aromatic heterocycles. The summed E-state index contributed by atoms with van der Waals surface area (Å²) >= 11 is 0. The van der Waals surface area contributed by atoms with Gasteiger partial charge >= 0.3 is 5.97 Å². The lowest BCUT2D eigenvalue weighted by Crippen LogP contribution is -2.36. The first-order valence-electron chi connectivity index (χ1n) is 5.23. The van der Waals surface area contributed by atoms with Gasteiger partial charge in [-0.3, -0.25) is 10.5 Å². The van der Waals surface area contributed by atoms with E-state index in [2.05, 4.69) is 13.2 Å². The Hall–Kier alpha value is -1.46. The van der Waals surface area contributed by atoms with Gasteiger partial charge in [-0.15, -0.1) is 0 Å². The van der Waals surface area contributed by atoms with Crippen LogP contribution in [0.2, 0.25) is 0 Å². The molecule has 0 amide bonds. The first kappa shape index (κ1) is 15.5. The number of carbonyl (C=O) groups excluding carboxylic acids is 2. The lowest BCUT2D eigenvalue weighted by Gasteiger charge is -2.23. The molecule has 0 saturated carbocycles. The summed E-state index contributed by atoms with van der Waals surface area (Å²) in [5.41, 5.74) is 4.57. The quantitative estimate of drug-likeness (QED) is 0.389. The van der Waals surface area contributed by atoms with E-state index in [0.717, 1.165) is 6.08 Å².